The Hall–Kier alpha value is -0.720. The van der Waals surface area contributed by atoms with Crippen LogP contribution in [0.15, 0.2) is 22.4 Å². The van der Waals surface area contributed by atoms with Gasteiger partial charge in [0.05, 0.1) is 0 Å². The predicted octanol–water partition coefficient (Wildman–Crippen LogP) is 4.22. The number of nitrogens with zero attached hydrogens (tertiary/aromatic N) is 1. The van der Waals surface area contributed by atoms with Crippen molar-refractivity contribution in [2.75, 3.05) is 14.1 Å². The van der Waals surface area contributed by atoms with E-state index in [1.165, 1.54) is 12.1 Å². The van der Waals surface area contributed by atoms with E-state index in [9.17, 15) is 0 Å². The van der Waals surface area contributed by atoms with Crippen LogP contribution in [0.25, 0.3) is 0 Å². The minimum Gasteiger partial charge on any atom is -0.380 e. The molecule has 1 aliphatic carbocycles. The fraction of sp³-hybridized carbons (Fsp3) is 0.733. The summed E-state index contributed by atoms with van der Waals surface area (Å²) in [5, 5.41) is 0. The molecule has 0 N–H and O–H groups in total. The van der Waals surface area contributed by atoms with Gasteiger partial charge < -0.3 is 4.90 Å². The van der Waals surface area contributed by atoms with E-state index < -0.39 is 0 Å². The second-order valence-electron chi connectivity index (χ2n) is 5.60. The van der Waals surface area contributed by atoms with E-state index in [0.717, 1.165) is 6.42 Å². The number of rotatable bonds is 4. The third kappa shape index (κ3) is 2.34. The van der Waals surface area contributed by atoms with E-state index in [0.29, 0.717) is 11.8 Å². The van der Waals surface area contributed by atoms with Crippen LogP contribution in [-0.4, -0.2) is 19.0 Å². The van der Waals surface area contributed by atoms with Crippen molar-refractivity contribution in [3.8, 4) is 0 Å². The lowest BCUT2D eigenvalue weighted by Crippen LogP contribution is -2.12. The molecule has 0 aliphatic heterocycles. The van der Waals surface area contributed by atoms with E-state index >= 15 is 0 Å². The molecular weight excluding hydrogens is 194 g/mol. The molecule has 0 unspecified atom stereocenters. The van der Waals surface area contributed by atoms with E-state index in [-0.39, 0.29) is 0 Å². The van der Waals surface area contributed by atoms with Crippen LogP contribution in [0.2, 0.25) is 0 Å². The third-order valence-electron chi connectivity index (χ3n) is 3.54. The van der Waals surface area contributed by atoms with Gasteiger partial charge in [0, 0.05) is 26.2 Å². The van der Waals surface area contributed by atoms with Gasteiger partial charge >= 0.3 is 0 Å². The second kappa shape index (κ2) is 5.07. The SMILES string of the molecule is CCC1=C(N(C)C)CC(C(C)C)=C1C(C)C. The van der Waals surface area contributed by atoms with Crippen LogP contribution in [0.4, 0.5) is 0 Å². The Kier molecular flexibility index (Phi) is 4.23. The summed E-state index contributed by atoms with van der Waals surface area (Å²) in [5.74, 6) is 1.33. The van der Waals surface area contributed by atoms with Crippen molar-refractivity contribution in [3.05, 3.63) is 22.4 Å². The molecule has 0 aromatic carbocycles. The summed E-state index contributed by atoms with van der Waals surface area (Å²) >= 11 is 0. The summed E-state index contributed by atoms with van der Waals surface area (Å²) in [6.45, 7) is 11.6. The molecule has 0 amide bonds. The first kappa shape index (κ1) is 13.3. The van der Waals surface area contributed by atoms with Gasteiger partial charge in [-0.25, -0.2) is 0 Å². The second-order valence-corrected chi connectivity index (χ2v) is 5.60. The smallest absolute Gasteiger partial charge is 0.0204 e. The summed E-state index contributed by atoms with van der Waals surface area (Å²) in [7, 11) is 4.35. The normalized spacial score (nSPS) is 17.1. The van der Waals surface area contributed by atoms with Crippen molar-refractivity contribution < 1.29 is 0 Å². The first-order valence-electron chi connectivity index (χ1n) is 6.52. The van der Waals surface area contributed by atoms with Crippen LogP contribution in [0, 0.1) is 11.8 Å². The Balaban J connectivity index is 3.20. The Morgan fingerprint density at radius 3 is 1.94 bits per heavy atom. The molecule has 0 heterocycles. The Morgan fingerprint density at radius 2 is 1.62 bits per heavy atom. The van der Waals surface area contributed by atoms with Gasteiger partial charge in [-0.15, -0.1) is 0 Å². The number of allylic oxidation sites excluding steroid dienone is 3. The van der Waals surface area contributed by atoms with E-state index in [1.54, 1.807) is 16.7 Å². The molecule has 0 bridgehead atoms. The van der Waals surface area contributed by atoms with Gasteiger partial charge in [0.2, 0.25) is 0 Å². The molecular formula is C15H27N. The predicted molar refractivity (Wildman–Crippen MR) is 72.3 cm³/mol. The number of hydrogen-bond acceptors (Lipinski definition) is 1. The van der Waals surface area contributed by atoms with Crippen molar-refractivity contribution in [2.24, 2.45) is 11.8 Å². The highest BCUT2D eigenvalue weighted by Crippen LogP contribution is 2.41. The fourth-order valence-electron chi connectivity index (χ4n) is 2.79. The topological polar surface area (TPSA) is 3.24 Å². The van der Waals surface area contributed by atoms with Gasteiger partial charge in [-0.1, -0.05) is 40.2 Å². The average molecular weight is 221 g/mol. The summed E-state index contributed by atoms with van der Waals surface area (Å²) in [5.41, 5.74) is 6.44. The molecule has 92 valence electrons. The summed E-state index contributed by atoms with van der Waals surface area (Å²) in [4.78, 5) is 2.30. The van der Waals surface area contributed by atoms with Crippen molar-refractivity contribution >= 4 is 0 Å². The summed E-state index contributed by atoms with van der Waals surface area (Å²) < 4.78 is 0. The van der Waals surface area contributed by atoms with Gasteiger partial charge in [0.25, 0.3) is 0 Å². The molecule has 0 saturated carbocycles. The first-order chi connectivity index (χ1) is 7.40. The molecule has 0 radical (unpaired) electrons. The monoisotopic (exact) mass is 221 g/mol. The molecule has 1 nitrogen and oxygen atoms in total. The van der Waals surface area contributed by atoms with Gasteiger partial charge in [-0.3, -0.25) is 0 Å². The maximum atomic E-state index is 2.33. The lowest BCUT2D eigenvalue weighted by molar-refractivity contribution is 0.490. The third-order valence-corrected chi connectivity index (χ3v) is 3.54. The maximum Gasteiger partial charge on any atom is 0.0204 e. The molecule has 0 fully saturated rings. The average Bonchev–Trinajstić information content (AvgIpc) is 2.56. The van der Waals surface area contributed by atoms with E-state index in [4.69, 9.17) is 0 Å². The van der Waals surface area contributed by atoms with Crippen LogP contribution < -0.4 is 0 Å². The molecule has 0 aromatic heterocycles. The molecule has 1 rings (SSSR count). The van der Waals surface area contributed by atoms with Crippen LogP contribution in [0.1, 0.15) is 47.5 Å². The highest BCUT2D eigenvalue weighted by Gasteiger charge is 2.27. The summed E-state index contributed by atoms with van der Waals surface area (Å²) in [6.07, 6.45) is 2.33. The Bertz CT molecular complexity index is 316. The highest BCUT2D eigenvalue weighted by molar-refractivity contribution is 5.48. The molecule has 0 atom stereocenters. The van der Waals surface area contributed by atoms with Crippen molar-refractivity contribution in [2.45, 2.75) is 47.5 Å². The minimum atomic E-state index is 0.657. The maximum absolute atomic E-state index is 2.33. The van der Waals surface area contributed by atoms with Gasteiger partial charge in [0.15, 0.2) is 0 Å². The zero-order valence-electron chi connectivity index (χ0n) is 12.0. The van der Waals surface area contributed by atoms with Crippen LogP contribution in [-0.2, 0) is 0 Å². The zero-order valence-corrected chi connectivity index (χ0v) is 12.0. The van der Waals surface area contributed by atoms with Crippen LogP contribution in [0.5, 0.6) is 0 Å². The van der Waals surface area contributed by atoms with Gasteiger partial charge in [0.1, 0.15) is 0 Å². The van der Waals surface area contributed by atoms with Crippen LogP contribution >= 0.6 is 0 Å². The van der Waals surface area contributed by atoms with E-state index in [1.807, 2.05) is 0 Å². The Labute approximate surface area is 101 Å². The zero-order chi connectivity index (χ0) is 12.5. The standard InChI is InChI=1S/C15H27N/c1-8-12-14(16(6)7)9-13(10(2)3)15(12)11(4)5/h10-11H,8-9H2,1-7H3. The molecule has 0 saturated heterocycles. The van der Waals surface area contributed by atoms with Crippen molar-refractivity contribution in [1.82, 2.24) is 4.90 Å². The van der Waals surface area contributed by atoms with Crippen molar-refractivity contribution in [1.29, 1.82) is 0 Å². The minimum absolute atomic E-state index is 0.657. The highest BCUT2D eigenvalue weighted by atomic mass is 15.1. The lowest BCUT2D eigenvalue weighted by Gasteiger charge is -2.18. The lowest BCUT2D eigenvalue weighted by atomic mass is 9.89. The van der Waals surface area contributed by atoms with Gasteiger partial charge in [-0.2, -0.15) is 0 Å². The molecule has 16 heavy (non-hydrogen) atoms. The van der Waals surface area contributed by atoms with Crippen molar-refractivity contribution in [3.63, 3.8) is 0 Å². The van der Waals surface area contributed by atoms with Gasteiger partial charge in [-0.05, 0) is 29.4 Å². The molecule has 0 spiro atoms. The molecule has 1 heteroatoms. The largest absolute Gasteiger partial charge is 0.380 e. The fourth-order valence-corrected chi connectivity index (χ4v) is 2.79. The van der Waals surface area contributed by atoms with Crippen LogP contribution in [0.3, 0.4) is 0 Å². The Morgan fingerprint density at radius 1 is 1.06 bits per heavy atom. The molecule has 0 aromatic rings. The quantitative estimate of drug-likeness (QED) is 0.687. The first-order valence-corrected chi connectivity index (χ1v) is 6.52. The molecule has 1 aliphatic rings. The van der Waals surface area contributed by atoms with E-state index in [2.05, 4.69) is 53.6 Å². The summed E-state index contributed by atoms with van der Waals surface area (Å²) in [6, 6.07) is 0. The number of hydrogen-bond donors (Lipinski definition) is 0.